The maximum absolute atomic E-state index is 5.52. The van der Waals surface area contributed by atoms with Crippen molar-refractivity contribution in [1.82, 2.24) is 0 Å². The number of likely N-dealkylation sites (N-methyl/N-ethyl adjacent to an activating group) is 1. The molecule has 2 aliphatic heterocycles. The lowest BCUT2D eigenvalue weighted by atomic mass is 9.94. The van der Waals surface area contributed by atoms with Crippen LogP contribution in [0.15, 0.2) is 12.1 Å². The van der Waals surface area contributed by atoms with Gasteiger partial charge in [0.1, 0.15) is 13.1 Å². The highest BCUT2D eigenvalue weighted by atomic mass is 16.7. The Morgan fingerprint density at radius 1 is 1.22 bits per heavy atom. The van der Waals surface area contributed by atoms with Gasteiger partial charge < -0.3 is 19.7 Å². The van der Waals surface area contributed by atoms with E-state index >= 15 is 0 Å². The lowest BCUT2D eigenvalue weighted by Crippen LogP contribution is -3.14. The van der Waals surface area contributed by atoms with Crippen LogP contribution in [0.25, 0.3) is 0 Å². The van der Waals surface area contributed by atoms with E-state index in [1.54, 1.807) is 4.90 Å². The molecule has 0 fully saturated rings. The highest BCUT2D eigenvalue weighted by molar-refractivity contribution is 5.49. The number of hydrogen-bond donors (Lipinski definition) is 2. The van der Waals surface area contributed by atoms with Gasteiger partial charge in [-0.3, -0.25) is 0 Å². The van der Waals surface area contributed by atoms with Crippen LogP contribution in [0, 0.1) is 0 Å². The van der Waals surface area contributed by atoms with Crippen LogP contribution in [0.4, 0.5) is 0 Å². The van der Waals surface area contributed by atoms with Gasteiger partial charge >= 0.3 is 0 Å². The molecule has 2 aliphatic rings. The predicted octanol–water partition coefficient (Wildman–Crippen LogP) is -0.542. The van der Waals surface area contributed by atoms with Gasteiger partial charge in [-0.1, -0.05) is 0 Å². The van der Waals surface area contributed by atoms with Crippen molar-refractivity contribution in [3.8, 4) is 11.5 Å². The smallest absolute Gasteiger partial charge is 0.231 e. The molecular weight excluding hydrogens is 228 g/mol. The van der Waals surface area contributed by atoms with Gasteiger partial charge in [0.15, 0.2) is 17.5 Å². The number of nitrogens with two attached hydrogens (primary N) is 1. The van der Waals surface area contributed by atoms with Gasteiger partial charge in [-0.25, -0.2) is 0 Å². The van der Waals surface area contributed by atoms with Crippen molar-refractivity contribution in [2.75, 3.05) is 26.4 Å². The third kappa shape index (κ3) is 1.85. The van der Waals surface area contributed by atoms with Crippen molar-refractivity contribution >= 4 is 0 Å². The Bertz CT molecular complexity index is 444. The van der Waals surface area contributed by atoms with Crippen LogP contribution in [-0.2, 0) is 6.54 Å². The van der Waals surface area contributed by atoms with Crippen molar-refractivity contribution in [2.45, 2.75) is 26.4 Å². The van der Waals surface area contributed by atoms with E-state index in [2.05, 4.69) is 31.3 Å². The van der Waals surface area contributed by atoms with Crippen molar-refractivity contribution in [1.29, 1.82) is 0 Å². The Morgan fingerprint density at radius 3 is 2.67 bits per heavy atom. The molecule has 0 saturated heterocycles. The van der Waals surface area contributed by atoms with Gasteiger partial charge in [-0.2, -0.15) is 0 Å². The Labute approximate surface area is 108 Å². The van der Waals surface area contributed by atoms with Gasteiger partial charge in [0.25, 0.3) is 0 Å². The van der Waals surface area contributed by atoms with Crippen LogP contribution in [0.5, 0.6) is 11.5 Å². The lowest BCUT2D eigenvalue weighted by Gasteiger charge is -2.30. The maximum atomic E-state index is 5.52. The molecule has 1 aromatic carbocycles. The highest BCUT2D eigenvalue weighted by Gasteiger charge is 2.32. The summed E-state index contributed by atoms with van der Waals surface area (Å²) < 4.78 is 11.0. The quantitative estimate of drug-likeness (QED) is 0.756. The molecule has 0 aliphatic carbocycles. The monoisotopic (exact) mass is 250 g/mol. The summed E-state index contributed by atoms with van der Waals surface area (Å²) >= 11 is 0. The minimum Gasteiger partial charge on any atom is -0.454 e. The van der Waals surface area contributed by atoms with Crippen LogP contribution in [0.2, 0.25) is 0 Å². The van der Waals surface area contributed by atoms with Crippen molar-refractivity contribution in [2.24, 2.45) is 0 Å². The van der Waals surface area contributed by atoms with E-state index in [0.717, 1.165) is 18.0 Å². The lowest BCUT2D eigenvalue weighted by molar-refractivity contribution is -0.945. The van der Waals surface area contributed by atoms with E-state index in [1.165, 1.54) is 30.8 Å². The molecule has 0 aromatic heterocycles. The van der Waals surface area contributed by atoms with Gasteiger partial charge in [-0.05, 0) is 26.0 Å². The largest absolute Gasteiger partial charge is 0.454 e. The summed E-state index contributed by atoms with van der Waals surface area (Å²) in [5, 5.41) is 2.40. The molecule has 1 aromatic rings. The van der Waals surface area contributed by atoms with E-state index in [4.69, 9.17) is 9.47 Å². The molecule has 98 valence electrons. The molecular formula is C14H22N2O2+2. The molecule has 3 N–H and O–H groups in total. The summed E-state index contributed by atoms with van der Waals surface area (Å²) in [6, 6.07) is 4.96. The zero-order valence-corrected chi connectivity index (χ0v) is 11.2. The van der Waals surface area contributed by atoms with Crippen LogP contribution >= 0.6 is 0 Å². The molecule has 0 radical (unpaired) electrons. The number of rotatable bonds is 3. The average Bonchev–Trinajstić information content (AvgIpc) is 2.85. The summed E-state index contributed by atoms with van der Waals surface area (Å²) in [7, 11) is 0. The molecule has 1 atom stereocenters. The van der Waals surface area contributed by atoms with Gasteiger partial charge in [-0.15, -0.1) is 0 Å². The Balaban J connectivity index is 1.99. The Morgan fingerprint density at radius 2 is 1.94 bits per heavy atom. The fraction of sp³-hybridized carbons (Fsp3) is 0.571. The fourth-order valence-electron chi connectivity index (χ4n) is 3.16. The summed E-state index contributed by atoms with van der Waals surface area (Å²) in [6.45, 7) is 9.46. The second kappa shape index (κ2) is 4.78. The molecule has 3 rings (SSSR count). The topological polar surface area (TPSA) is 39.5 Å². The maximum Gasteiger partial charge on any atom is 0.231 e. The van der Waals surface area contributed by atoms with E-state index < -0.39 is 0 Å². The molecule has 2 heterocycles. The predicted molar refractivity (Wildman–Crippen MR) is 67.8 cm³/mol. The van der Waals surface area contributed by atoms with Crippen LogP contribution in [0.1, 0.15) is 31.0 Å². The third-order valence-electron chi connectivity index (χ3n) is 4.18. The zero-order valence-electron chi connectivity index (χ0n) is 11.2. The molecule has 0 spiro atoms. The molecule has 4 nitrogen and oxygen atoms in total. The van der Waals surface area contributed by atoms with Gasteiger partial charge in [0.2, 0.25) is 6.79 Å². The second-order valence-electron chi connectivity index (χ2n) is 5.05. The SMILES string of the molecule is CC[NH+](CC)[C@H]1C[NH2+]Cc2cc3c(cc21)OCO3. The summed E-state index contributed by atoms with van der Waals surface area (Å²) in [6.07, 6.45) is 0. The first-order chi connectivity index (χ1) is 8.83. The van der Waals surface area contributed by atoms with Crippen molar-refractivity contribution < 1.29 is 19.7 Å². The molecule has 4 heteroatoms. The first-order valence-corrected chi connectivity index (χ1v) is 6.92. The van der Waals surface area contributed by atoms with E-state index in [1.807, 2.05) is 0 Å². The fourth-order valence-corrected chi connectivity index (χ4v) is 3.16. The number of hydrogen-bond acceptors (Lipinski definition) is 2. The number of benzene rings is 1. The minimum atomic E-state index is 0.366. The van der Waals surface area contributed by atoms with Crippen molar-refractivity contribution in [3.05, 3.63) is 23.3 Å². The normalized spacial score (nSPS) is 21.2. The number of nitrogens with one attached hydrogen (secondary N) is 1. The molecule has 0 unspecified atom stereocenters. The number of ether oxygens (including phenoxy) is 2. The third-order valence-corrected chi connectivity index (χ3v) is 4.18. The second-order valence-corrected chi connectivity index (χ2v) is 5.05. The van der Waals surface area contributed by atoms with Gasteiger partial charge in [0, 0.05) is 11.1 Å². The summed E-state index contributed by atoms with van der Waals surface area (Å²) in [5.74, 6) is 1.84. The van der Waals surface area contributed by atoms with E-state index in [0.29, 0.717) is 12.8 Å². The molecule has 18 heavy (non-hydrogen) atoms. The first-order valence-electron chi connectivity index (χ1n) is 6.92. The summed E-state index contributed by atoms with van der Waals surface area (Å²) in [4.78, 5) is 1.64. The standard InChI is InChI=1S/C14H20N2O2/c1-3-16(4-2)12-8-15-7-10-5-13-14(6-11(10)12)18-9-17-13/h5-6,12,15H,3-4,7-9H2,1-2H3/p+2/t12-/m0/s1. The van der Waals surface area contributed by atoms with E-state index in [9.17, 15) is 0 Å². The molecule has 0 saturated carbocycles. The first kappa shape index (κ1) is 11.8. The average molecular weight is 250 g/mol. The van der Waals surface area contributed by atoms with Crippen molar-refractivity contribution in [3.63, 3.8) is 0 Å². The van der Waals surface area contributed by atoms with Crippen LogP contribution in [-0.4, -0.2) is 26.4 Å². The zero-order chi connectivity index (χ0) is 12.5. The van der Waals surface area contributed by atoms with Crippen LogP contribution in [0.3, 0.4) is 0 Å². The van der Waals surface area contributed by atoms with E-state index in [-0.39, 0.29) is 0 Å². The highest BCUT2D eigenvalue weighted by Crippen LogP contribution is 2.36. The number of quaternary nitrogens is 2. The number of fused-ring (bicyclic) bond motifs is 2. The van der Waals surface area contributed by atoms with Crippen LogP contribution < -0.4 is 19.7 Å². The Kier molecular flexibility index (Phi) is 3.14. The molecule has 0 bridgehead atoms. The minimum absolute atomic E-state index is 0.366. The Hall–Kier alpha value is -1.26. The summed E-state index contributed by atoms with van der Waals surface area (Å²) in [5.41, 5.74) is 2.87. The van der Waals surface area contributed by atoms with Gasteiger partial charge in [0.05, 0.1) is 13.1 Å². The molecule has 0 amide bonds.